The van der Waals surface area contributed by atoms with Crippen molar-refractivity contribution < 1.29 is 0 Å². The van der Waals surface area contributed by atoms with Crippen molar-refractivity contribution in [3.05, 3.63) is 58.8 Å². The maximum atomic E-state index is 9.85. The summed E-state index contributed by atoms with van der Waals surface area (Å²) in [5, 5.41) is 29.5. The Hall–Kier alpha value is -3.07. The molecule has 26 heavy (non-hydrogen) atoms. The molecule has 1 heterocycles. The van der Waals surface area contributed by atoms with Gasteiger partial charge >= 0.3 is 0 Å². The van der Waals surface area contributed by atoms with Gasteiger partial charge in [0, 0.05) is 31.0 Å². The summed E-state index contributed by atoms with van der Waals surface area (Å²) in [6, 6.07) is 16.5. The first-order chi connectivity index (χ1) is 12.5. The number of hydrogen-bond donors (Lipinski definition) is 1. The Morgan fingerprint density at radius 2 is 1.81 bits per heavy atom. The molecule has 3 rings (SSSR count). The first-order valence-electron chi connectivity index (χ1n) is 8.72. The van der Waals surface area contributed by atoms with Crippen LogP contribution in [0.25, 0.3) is 0 Å². The molecule has 5 heteroatoms. The fourth-order valence-electron chi connectivity index (χ4n) is 4.12. The number of rotatable bonds is 2. The van der Waals surface area contributed by atoms with Crippen LogP contribution in [0.5, 0.6) is 0 Å². The minimum absolute atomic E-state index is 0.0827. The lowest BCUT2D eigenvalue weighted by Gasteiger charge is -2.46. The van der Waals surface area contributed by atoms with Gasteiger partial charge in [0.1, 0.15) is 0 Å². The predicted molar refractivity (Wildman–Crippen MR) is 98.0 cm³/mol. The van der Waals surface area contributed by atoms with Gasteiger partial charge in [0.05, 0.1) is 29.5 Å². The molecule has 0 saturated heterocycles. The van der Waals surface area contributed by atoms with Crippen LogP contribution >= 0.6 is 0 Å². The molecule has 0 aromatic heterocycles. The van der Waals surface area contributed by atoms with E-state index in [0.717, 1.165) is 11.1 Å². The normalized spacial score (nSPS) is 24.8. The number of benzene rings is 1. The van der Waals surface area contributed by atoms with Crippen LogP contribution in [-0.4, -0.2) is 24.0 Å². The maximum Gasteiger partial charge on any atom is 0.204 e. The van der Waals surface area contributed by atoms with Crippen LogP contribution in [0.3, 0.4) is 0 Å². The average Bonchev–Trinajstić information content (AvgIpc) is 2.67. The molecule has 2 N–H and O–H groups in total. The number of nitrogens with zero attached hydrogens (tertiary/aromatic N) is 4. The van der Waals surface area contributed by atoms with Gasteiger partial charge in [-0.05, 0) is 25.0 Å². The number of nitriles is 3. The van der Waals surface area contributed by atoms with E-state index >= 15 is 0 Å². The Morgan fingerprint density at radius 1 is 1.15 bits per heavy atom. The van der Waals surface area contributed by atoms with Crippen molar-refractivity contribution in [3.63, 3.8) is 0 Å². The molecule has 1 aliphatic heterocycles. The zero-order valence-corrected chi connectivity index (χ0v) is 15.0. The Kier molecular flexibility index (Phi) is 4.56. The SMILES string of the molecule is CC(C)N1CC=C2[C@H](C1)[C@H](c1ccccc1)C(C#N)=C(N)C2(C#N)C#N. The second kappa shape index (κ2) is 6.68. The highest BCUT2D eigenvalue weighted by molar-refractivity contribution is 5.58. The maximum absolute atomic E-state index is 9.85. The van der Waals surface area contributed by atoms with Crippen LogP contribution in [0.1, 0.15) is 25.3 Å². The third-order valence-electron chi connectivity index (χ3n) is 5.56. The summed E-state index contributed by atoms with van der Waals surface area (Å²) >= 11 is 0. The van der Waals surface area contributed by atoms with Gasteiger partial charge in [0.2, 0.25) is 5.41 Å². The zero-order chi connectivity index (χ0) is 18.9. The predicted octanol–water partition coefficient (Wildman–Crippen LogP) is 2.82. The summed E-state index contributed by atoms with van der Waals surface area (Å²) in [5.41, 5.74) is 6.87. The largest absolute Gasteiger partial charge is 0.399 e. The summed E-state index contributed by atoms with van der Waals surface area (Å²) in [6.45, 7) is 5.60. The smallest absolute Gasteiger partial charge is 0.204 e. The van der Waals surface area contributed by atoms with Crippen molar-refractivity contribution in [1.82, 2.24) is 4.90 Å². The van der Waals surface area contributed by atoms with Crippen molar-refractivity contribution in [1.29, 1.82) is 15.8 Å². The molecule has 2 aliphatic rings. The molecule has 1 aromatic carbocycles. The van der Waals surface area contributed by atoms with Crippen LogP contribution in [0.2, 0.25) is 0 Å². The highest BCUT2D eigenvalue weighted by Crippen LogP contribution is 2.52. The van der Waals surface area contributed by atoms with Crippen molar-refractivity contribution >= 4 is 0 Å². The molecule has 1 aliphatic carbocycles. The van der Waals surface area contributed by atoms with E-state index in [0.29, 0.717) is 24.7 Å². The lowest BCUT2D eigenvalue weighted by Crippen LogP contribution is -2.48. The van der Waals surface area contributed by atoms with Crippen molar-refractivity contribution in [2.45, 2.75) is 25.8 Å². The summed E-state index contributed by atoms with van der Waals surface area (Å²) in [4.78, 5) is 2.29. The molecule has 1 aromatic rings. The lowest BCUT2D eigenvalue weighted by atomic mass is 9.60. The number of hydrogen-bond acceptors (Lipinski definition) is 5. The summed E-state index contributed by atoms with van der Waals surface area (Å²) < 4.78 is 0. The zero-order valence-electron chi connectivity index (χ0n) is 15.0. The molecule has 2 atom stereocenters. The first kappa shape index (κ1) is 17.7. The van der Waals surface area contributed by atoms with Crippen LogP contribution in [0.4, 0.5) is 0 Å². The molecule has 0 unspecified atom stereocenters. The molecule has 0 spiro atoms. The molecule has 0 amide bonds. The van der Waals surface area contributed by atoms with Crippen molar-refractivity contribution in [3.8, 4) is 18.2 Å². The van der Waals surface area contributed by atoms with Crippen LogP contribution in [0, 0.1) is 45.3 Å². The highest BCUT2D eigenvalue weighted by atomic mass is 15.2. The topological polar surface area (TPSA) is 101 Å². The van der Waals surface area contributed by atoms with E-state index < -0.39 is 5.41 Å². The Bertz CT molecular complexity index is 875. The molecular weight excluding hydrogens is 322 g/mol. The Labute approximate surface area is 154 Å². The van der Waals surface area contributed by atoms with Gasteiger partial charge in [-0.3, -0.25) is 4.90 Å². The van der Waals surface area contributed by atoms with Crippen LogP contribution in [0.15, 0.2) is 53.3 Å². The highest BCUT2D eigenvalue weighted by Gasteiger charge is 2.52. The van der Waals surface area contributed by atoms with Gasteiger partial charge < -0.3 is 5.73 Å². The minimum atomic E-state index is -1.55. The first-order valence-corrected chi connectivity index (χ1v) is 8.72. The Morgan fingerprint density at radius 3 is 2.35 bits per heavy atom. The van der Waals surface area contributed by atoms with Gasteiger partial charge in [-0.15, -0.1) is 0 Å². The molecular formula is C21H21N5. The van der Waals surface area contributed by atoms with Gasteiger partial charge in [0.15, 0.2) is 0 Å². The second-order valence-electron chi connectivity index (χ2n) is 7.11. The number of nitrogens with two attached hydrogens (primary N) is 1. The van der Waals surface area contributed by atoms with Crippen LogP contribution in [-0.2, 0) is 0 Å². The van der Waals surface area contributed by atoms with E-state index in [-0.39, 0.29) is 17.5 Å². The second-order valence-corrected chi connectivity index (χ2v) is 7.11. The van der Waals surface area contributed by atoms with Gasteiger partial charge in [-0.2, -0.15) is 15.8 Å². The summed E-state index contributed by atoms with van der Waals surface area (Å²) in [5.74, 6) is -0.376. The number of allylic oxidation sites excluding steroid dienone is 2. The van der Waals surface area contributed by atoms with Crippen molar-refractivity contribution in [2.24, 2.45) is 17.1 Å². The van der Waals surface area contributed by atoms with Gasteiger partial charge in [-0.1, -0.05) is 36.4 Å². The fourth-order valence-corrected chi connectivity index (χ4v) is 4.12. The van der Waals surface area contributed by atoms with E-state index in [1.54, 1.807) is 0 Å². The van der Waals surface area contributed by atoms with E-state index in [1.165, 1.54) is 0 Å². The van der Waals surface area contributed by atoms with Gasteiger partial charge in [0.25, 0.3) is 0 Å². The molecule has 0 saturated carbocycles. The molecule has 0 fully saturated rings. The quantitative estimate of drug-likeness (QED) is 0.832. The van der Waals surface area contributed by atoms with E-state index in [4.69, 9.17) is 5.73 Å². The van der Waals surface area contributed by atoms with E-state index in [2.05, 4.69) is 37.0 Å². The van der Waals surface area contributed by atoms with E-state index in [1.807, 2.05) is 36.4 Å². The molecule has 0 bridgehead atoms. The molecule has 5 nitrogen and oxygen atoms in total. The van der Waals surface area contributed by atoms with Crippen molar-refractivity contribution in [2.75, 3.05) is 13.1 Å². The van der Waals surface area contributed by atoms with E-state index in [9.17, 15) is 15.8 Å². The summed E-state index contributed by atoms with van der Waals surface area (Å²) in [7, 11) is 0. The standard InChI is InChI=1S/C21H21N5/c1-14(2)26-9-8-18-17(11-26)19(15-6-4-3-5-7-15)16(10-22)20(25)21(18,12-23)13-24/h3-8,14,17,19H,9,11,25H2,1-2H3/t17-,19+/m0/s1. The third kappa shape index (κ3) is 2.48. The number of fused-ring (bicyclic) bond motifs is 1. The Balaban J connectivity index is 2.28. The lowest BCUT2D eigenvalue weighted by molar-refractivity contribution is 0.186. The molecule has 130 valence electrons. The summed E-state index contributed by atoms with van der Waals surface area (Å²) in [6.07, 6.45) is 1.97. The minimum Gasteiger partial charge on any atom is -0.399 e. The average molecular weight is 343 g/mol. The molecule has 0 radical (unpaired) electrons. The van der Waals surface area contributed by atoms with Gasteiger partial charge in [-0.25, -0.2) is 0 Å². The fraction of sp³-hybridized carbons (Fsp3) is 0.381. The third-order valence-corrected chi connectivity index (χ3v) is 5.56. The van der Waals surface area contributed by atoms with Crippen LogP contribution < -0.4 is 5.73 Å². The monoisotopic (exact) mass is 343 g/mol.